The molecule has 120 valence electrons. The van der Waals surface area contributed by atoms with Crippen molar-refractivity contribution in [2.45, 2.75) is 51.7 Å². The molecule has 0 amide bonds. The Balaban J connectivity index is 3.16. The van der Waals surface area contributed by atoms with Gasteiger partial charge in [0.25, 0.3) is 0 Å². The molecule has 21 heavy (non-hydrogen) atoms. The maximum atomic E-state index is 9.45. The first kappa shape index (κ1) is 18.0. The largest absolute Gasteiger partial charge is 0.497 e. The van der Waals surface area contributed by atoms with Crippen LogP contribution < -0.4 is 10.5 Å². The summed E-state index contributed by atoms with van der Waals surface area (Å²) in [5.41, 5.74) is 7.42. The van der Waals surface area contributed by atoms with Crippen LogP contribution in [0.25, 0.3) is 0 Å². The van der Waals surface area contributed by atoms with Gasteiger partial charge in [-0.2, -0.15) is 0 Å². The summed E-state index contributed by atoms with van der Waals surface area (Å²) in [5, 5.41) is 9.45. The minimum Gasteiger partial charge on any atom is -0.497 e. The van der Waals surface area contributed by atoms with Gasteiger partial charge >= 0.3 is 0 Å². The highest BCUT2D eigenvalue weighted by Gasteiger charge is 2.28. The SMILES string of the molecule is CCC(CC)N(CCO)C(c1cccc(OC)c1)C(C)N. The van der Waals surface area contributed by atoms with E-state index in [1.807, 2.05) is 25.1 Å². The summed E-state index contributed by atoms with van der Waals surface area (Å²) in [6.07, 6.45) is 2.09. The third kappa shape index (κ3) is 4.70. The maximum absolute atomic E-state index is 9.45. The molecule has 0 fully saturated rings. The van der Waals surface area contributed by atoms with Crippen LogP contribution in [0, 0.1) is 0 Å². The van der Waals surface area contributed by atoms with Gasteiger partial charge in [0.15, 0.2) is 0 Å². The molecular formula is C17H30N2O2. The predicted octanol–water partition coefficient (Wildman–Crippen LogP) is 2.57. The molecule has 0 bridgehead atoms. The van der Waals surface area contributed by atoms with Crippen LogP contribution in [-0.2, 0) is 0 Å². The molecule has 0 saturated heterocycles. The van der Waals surface area contributed by atoms with Gasteiger partial charge in [-0.05, 0) is 37.5 Å². The highest BCUT2D eigenvalue weighted by molar-refractivity contribution is 5.31. The minimum absolute atomic E-state index is 0.0238. The van der Waals surface area contributed by atoms with Crippen molar-refractivity contribution in [3.8, 4) is 5.75 Å². The molecule has 1 aromatic carbocycles. The van der Waals surface area contributed by atoms with Crippen LogP contribution in [0.1, 0.15) is 45.2 Å². The van der Waals surface area contributed by atoms with Crippen LogP contribution in [0.2, 0.25) is 0 Å². The summed E-state index contributed by atoms with van der Waals surface area (Å²) < 4.78 is 5.33. The highest BCUT2D eigenvalue weighted by atomic mass is 16.5. The second-order valence-electron chi connectivity index (χ2n) is 5.51. The number of hydrogen-bond acceptors (Lipinski definition) is 4. The lowest BCUT2D eigenvalue weighted by atomic mass is 9.95. The number of ether oxygens (including phenoxy) is 1. The number of rotatable bonds is 9. The lowest BCUT2D eigenvalue weighted by Gasteiger charge is -2.39. The molecule has 2 unspecified atom stereocenters. The molecule has 0 aliphatic rings. The van der Waals surface area contributed by atoms with Crippen molar-refractivity contribution in [1.82, 2.24) is 4.90 Å². The fourth-order valence-corrected chi connectivity index (χ4v) is 3.04. The average Bonchev–Trinajstić information content (AvgIpc) is 2.48. The quantitative estimate of drug-likeness (QED) is 0.735. The zero-order chi connectivity index (χ0) is 15.8. The number of aliphatic hydroxyl groups is 1. The van der Waals surface area contributed by atoms with Crippen molar-refractivity contribution < 1.29 is 9.84 Å². The number of nitrogens with two attached hydrogens (primary N) is 1. The second-order valence-corrected chi connectivity index (χ2v) is 5.51. The van der Waals surface area contributed by atoms with Crippen molar-refractivity contribution in [1.29, 1.82) is 0 Å². The number of hydrogen-bond donors (Lipinski definition) is 2. The molecule has 0 aliphatic heterocycles. The summed E-state index contributed by atoms with van der Waals surface area (Å²) in [4.78, 5) is 2.33. The van der Waals surface area contributed by atoms with Crippen LogP contribution in [0.3, 0.4) is 0 Å². The van der Waals surface area contributed by atoms with Crippen molar-refractivity contribution in [2.75, 3.05) is 20.3 Å². The summed E-state index contributed by atoms with van der Waals surface area (Å²) in [6, 6.07) is 8.54. The van der Waals surface area contributed by atoms with Crippen LogP contribution in [-0.4, -0.2) is 42.4 Å². The van der Waals surface area contributed by atoms with E-state index in [4.69, 9.17) is 10.5 Å². The average molecular weight is 294 g/mol. The number of benzene rings is 1. The first-order valence-corrected chi connectivity index (χ1v) is 7.85. The van der Waals surface area contributed by atoms with E-state index < -0.39 is 0 Å². The summed E-state index contributed by atoms with van der Waals surface area (Å²) >= 11 is 0. The van der Waals surface area contributed by atoms with Gasteiger partial charge in [0.2, 0.25) is 0 Å². The van der Waals surface area contributed by atoms with Gasteiger partial charge in [-0.15, -0.1) is 0 Å². The molecule has 0 spiro atoms. The Bertz CT molecular complexity index is 406. The van der Waals surface area contributed by atoms with Crippen LogP contribution in [0.15, 0.2) is 24.3 Å². The van der Waals surface area contributed by atoms with Gasteiger partial charge in [-0.25, -0.2) is 0 Å². The molecule has 0 aliphatic carbocycles. The van der Waals surface area contributed by atoms with E-state index in [1.165, 1.54) is 0 Å². The van der Waals surface area contributed by atoms with Gasteiger partial charge in [0, 0.05) is 18.6 Å². The Kier molecular flexibility index (Phi) is 7.72. The summed E-state index contributed by atoms with van der Waals surface area (Å²) in [7, 11) is 1.67. The van der Waals surface area contributed by atoms with E-state index in [0.717, 1.165) is 24.2 Å². The van der Waals surface area contributed by atoms with Crippen molar-refractivity contribution in [3.05, 3.63) is 29.8 Å². The Morgan fingerprint density at radius 3 is 2.43 bits per heavy atom. The number of methoxy groups -OCH3 is 1. The van der Waals surface area contributed by atoms with Gasteiger partial charge in [-0.1, -0.05) is 26.0 Å². The fraction of sp³-hybridized carbons (Fsp3) is 0.647. The third-order valence-corrected chi connectivity index (χ3v) is 4.06. The van der Waals surface area contributed by atoms with Crippen molar-refractivity contribution in [3.63, 3.8) is 0 Å². The Labute approximate surface area is 128 Å². The van der Waals surface area contributed by atoms with E-state index in [-0.39, 0.29) is 18.7 Å². The third-order valence-electron chi connectivity index (χ3n) is 4.06. The minimum atomic E-state index is -0.0238. The Morgan fingerprint density at radius 1 is 1.29 bits per heavy atom. The lowest BCUT2D eigenvalue weighted by molar-refractivity contribution is 0.0851. The molecule has 2 atom stereocenters. The molecule has 3 N–H and O–H groups in total. The molecule has 0 saturated carbocycles. The van der Waals surface area contributed by atoms with Gasteiger partial charge in [0.05, 0.1) is 19.8 Å². The topological polar surface area (TPSA) is 58.7 Å². The fourth-order valence-electron chi connectivity index (χ4n) is 3.04. The molecule has 0 heterocycles. The molecule has 1 aromatic rings. The Hall–Kier alpha value is -1.10. The number of nitrogens with zero attached hydrogens (tertiary/aromatic N) is 1. The number of aliphatic hydroxyl groups excluding tert-OH is 1. The molecule has 0 aromatic heterocycles. The van der Waals surface area contributed by atoms with E-state index >= 15 is 0 Å². The molecule has 4 nitrogen and oxygen atoms in total. The maximum Gasteiger partial charge on any atom is 0.119 e. The monoisotopic (exact) mass is 294 g/mol. The predicted molar refractivity (Wildman–Crippen MR) is 87.5 cm³/mol. The molecule has 4 heteroatoms. The van der Waals surface area contributed by atoms with Crippen LogP contribution >= 0.6 is 0 Å². The zero-order valence-electron chi connectivity index (χ0n) is 13.7. The van der Waals surface area contributed by atoms with E-state index in [0.29, 0.717) is 12.6 Å². The van der Waals surface area contributed by atoms with E-state index in [9.17, 15) is 5.11 Å². The molecule has 0 radical (unpaired) electrons. The van der Waals surface area contributed by atoms with E-state index in [2.05, 4.69) is 24.8 Å². The van der Waals surface area contributed by atoms with Crippen LogP contribution in [0.4, 0.5) is 0 Å². The molecule has 1 rings (SSSR count). The summed E-state index contributed by atoms with van der Waals surface area (Å²) in [6.45, 7) is 7.17. The normalized spacial score (nSPS) is 14.5. The van der Waals surface area contributed by atoms with Crippen molar-refractivity contribution in [2.24, 2.45) is 5.73 Å². The second kappa shape index (κ2) is 9.03. The molecular weight excluding hydrogens is 264 g/mol. The zero-order valence-corrected chi connectivity index (χ0v) is 13.7. The van der Waals surface area contributed by atoms with Gasteiger partial charge < -0.3 is 15.6 Å². The van der Waals surface area contributed by atoms with E-state index in [1.54, 1.807) is 7.11 Å². The first-order chi connectivity index (χ1) is 10.1. The Morgan fingerprint density at radius 2 is 1.95 bits per heavy atom. The summed E-state index contributed by atoms with van der Waals surface area (Å²) in [5.74, 6) is 0.839. The first-order valence-electron chi connectivity index (χ1n) is 7.85. The smallest absolute Gasteiger partial charge is 0.119 e. The lowest BCUT2D eigenvalue weighted by Crippen LogP contribution is -2.46. The highest BCUT2D eigenvalue weighted by Crippen LogP contribution is 2.29. The van der Waals surface area contributed by atoms with Crippen LogP contribution in [0.5, 0.6) is 5.75 Å². The van der Waals surface area contributed by atoms with Gasteiger partial charge in [-0.3, -0.25) is 4.90 Å². The standard InChI is InChI=1S/C17H30N2O2/c1-5-15(6-2)19(10-11-20)17(13(3)18)14-8-7-9-16(12-14)21-4/h7-9,12-13,15,17,20H,5-6,10-11,18H2,1-4H3. The van der Waals surface area contributed by atoms with Gasteiger partial charge in [0.1, 0.15) is 5.75 Å². The van der Waals surface area contributed by atoms with Crippen molar-refractivity contribution >= 4 is 0 Å².